The van der Waals surface area contributed by atoms with Crippen molar-refractivity contribution in [2.75, 3.05) is 6.61 Å². The minimum atomic E-state index is -0.0527. The van der Waals surface area contributed by atoms with Crippen molar-refractivity contribution in [2.45, 2.75) is 25.9 Å². The number of amidine groups is 1. The van der Waals surface area contributed by atoms with E-state index >= 15 is 0 Å². The number of oxime groups is 1. The monoisotopic (exact) mass is 256 g/mol. The number of ether oxygens (including phenoxy) is 1. The van der Waals surface area contributed by atoms with E-state index in [1.54, 1.807) is 0 Å². The second kappa shape index (κ2) is 4.70. The molecule has 17 heavy (non-hydrogen) atoms. The van der Waals surface area contributed by atoms with Crippen molar-refractivity contribution in [1.82, 2.24) is 0 Å². The third-order valence-corrected chi connectivity index (χ3v) is 3.91. The summed E-state index contributed by atoms with van der Waals surface area (Å²) >= 11 is 5.91. The molecule has 3 N–H and O–H groups in total. The largest absolute Gasteiger partial charge is 0.409 e. The number of rotatable bonds is 2. The van der Waals surface area contributed by atoms with Crippen LogP contribution in [0.4, 0.5) is 0 Å². The molecule has 2 rings (SSSR count). The summed E-state index contributed by atoms with van der Waals surface area (Å²) < 4.78 is 5.77. The smallest absolute Gasteiger partial charge is 0.144 e. The van der Waals surface area contributed by atoms with Crippen LogP contribution in [0, 0.1) is 11.3 Å². The van der Waals surface area contributed by atoms with Crippen molar-refractivity contribution in [3.63, 3.8) is 0 Å². The standard InChI is InChI=1S/C12H17ClN2O2/c1-12(4-2-9(13)3-5-12)10-6-8(7-17-10)11(14)15-16/h2-4,8,10,16H,5-7H2,1H3,(H2,14,15)/t8-,10+,12?/m0/s1. The summed E-state index contributed by atoms with van der Waals surface area (Å²) in [6.45, 7) is 2.66. The zero-order valence-electron chi connectivity index (χ0n) is 9.77. The molecule has 1 saturated heterocycles. The van der Waals surface area contributed by atoms with Gasteiger partial charge in [0.15, 0.2) is 0 Å². The fraction of sp³-hybridized carbons (Fsp3) is 0.583. The molecular formula is C12H17ClN2O2. The first-order valence-electron chi connectivity index (χ1n) is 5.69. The first kappa shape index (κ1) is 12.5. The highest BCUT2D eigenvalue weighted by Gasteiger charge is 2.40. The van der Waals surface area contributed by atoms with Gasteiger partial charge in [0, 0.05) is 16.4 Å². The van der Waals surface area contributed by atoms with Gasteiger partial charge >= 0.3 is 0 Å². The highest BCUT2D eigenvalue weighted by molar-refractivity contribution is 6.31. The highest BCUT2D eigenvalue weighted by Crippen LogP contribution is 2.40. The number of hydrogen-bond acceptors (Lipinski definition) is 3. The van der Waals surface area contributed by atoms with Crippen LogP contribution in [0.25, 0.3) is 0 Å². The van der Waals surface area contributed by atoms with Gasteiger partial charge in [0.1, 0.15) is 5.84 Å². The van der Waals surface area contributed by atoms with E-state index < -0.39 is 0 Å². The van der Waals surface area contributed by atoms with Gasteiger partial charge in [0.05, 0.1) is 12.7 Å². The van der Waals surface area contributed by atoms with E-state index in [1.165, 1.54) is 0 Å². The fourth-order valence-electron chi connectivity index (χ4n) is 2.34. The lowest BCUT2D eigenvalue weighted by Gasteiger charge is -2.32. The molecule has 0 saturated carbocycles. The fourth-order valence-corrected chi connectivity index (χ4v) is 2.48. The Labute approximate surface area is 106 Å². The topological polar surface area (TPSA) is 67.8 Å². The molecule has 2 aliphatic rings. The van der Waals surface area contributed by atoms with Gasteiger partial charge in [-0.05, 0) is 18.9 Å². The van der Waals surface area contributed by atoms with Crippen molar-refractivity contribution >= 4 is 17.4 Å². The quantitative estimate of drug-likeness (QED) is 0.345. The lowest BCUT2D eigenvalue weighted by Crippen LogP contribution is -2.31. The van der Waals surface area contributed by atoms with Crippen LogP contribution in [-0.2, 0) is 4.74 Å². The zero-order chi connectivity index (χ0) is 12.5. The Hall–Kier alpha value is -1.00. The molecular weight excluding hydrogens is 240 g/mol. The number of allylic oxidation sites excluding steroid dienone is 3. The number of hydrogen-bond donors (Lipinski definition) is 2. The summed E-state index contributed by atoms with van der Waals surface area (Å²) in [5.41, 5.74) is 5.55. The maximum absolute atomic E-state index is 8.66. The van der Waals surface area contributed by atoms with E-state index in [2.05, 4.69) is 18.2 Å². The van der Waals surface area contributed by atoms with E-state index in [-0.39, 0.29) is 23.3 Å². The Bertz CT molecular complexity index is 392. The second-order valence-corrected chi connectivity index (χ2v) is 5.35. The van der Waals surface area contributed by atoms with Crippen molar-refractivity contribution < 1.29 is 9.94 Å². The maximum Gasteiger partial charge on any atom is 0.144 e. The van der Waals surface area contributed by atoms with Gasteiger partial charge in [0.2, 0.25) is 0 Å². The van der Waals surface area contributed by atoms with Crippen LogP contribution < -0.4 is 5.73 Å². The van der Waals surface area contributed by atoms with Crippen LogP contribution in [0.2, 0.25) is 0 Å². The molecule has 1 aliphatic heterocycles. The van der Waals surface area contributed by atoms with Gasteiger partial charge < -0.3 is 15.7 Å². The Morgan fingerprint density at radius 3 is 3.06 bits per heavy atom. The van der Waals surface area contributed by atoms with Crippen LogP contribution in [0.3, 0.4) is 0 Å². The summed E-state index contributed by atoms with van der Waals surface area (Å²) in [5.74, 6) is 0.265. The van der Waals surface area contributed by atoms with Gasteiger partial charge in [-0.25, -0.2) is 0 Å². The van der Waals surface area contributed by atoms with E-state index in [4.69, 9.17) is 27.3 Å². The molecule has 0 aromatic rings. The zero-order valence-corrected chi connectivity index (χ0v) is 10.5. The summed E-state index contributed by atoms with van der Waals surface area (Å²) in [7, 11) is 0. The minimum Gasteiger partial charge on any atom is -0.409 e. The molecule has 0 amide bonds. The summed E-state index contributed by atoms with van der Waals surface area (Å²) in [6, 6.07) is 0. The van der Waals surface area contributed by atoms with E-state index in [0.717, 1.165) is 17.9 Å². The predicted molar refractivity (Wildman–Crippen MR) is 67.1 cm³/mol. The van der Waals surface area contributed by atoms with E-state index in [9.17, 15) is 0 Å². The van der Waals surface area contributed by atoms with Crippen LogP contribution in [0.1, 0.15) is 19.8 Å². The number of halogens is 1. The maximum atomic E-state index is 8.66. The molecule has 0 aromatic carbocycles. The first-order chi connectivity index (χ1) is 8.05. The molecule has 0 radical (unpaired) electrons. The normalized spacial score (nSPS) is 38.2. The molecule has 0 bridgehead atoms. The molecule has 1 unspecified atom stereocenters. The Balaban J connectivity index is 2.04. The van der Waals surface area contributed by atoms with Gasteiger partial charge in [-0.15, -0.1) is 0 Å². The summed E-state index contributed by atoms with van der Waals surface area (Å²) in [5, 5.41) is 12.5. The molecule has 4 nitrogen and oxygen atoms in total. The number of nitrogens with zero attached hydrogens (tertiary/aromatic N) is 1. The highest BCUT2D eigenvalue weighted by atomic mass is 35.5. The van der Waals surface area contributed by atoms with Crippen molar-refractivity contribution in [1.29, 1.82) is 0 Å². The van der Waals surface area contributed by atoms with Crippen molar-refractivity contribution in [2.24, 2.45) is 22.2 Å². The Morgan fingerprint density at radius 2 is 2.47 bits per heavy atom. The van der Waals surface area contributed by atoms with Gasteiger partial charge in [0.25, 0.3) is 0 Å². The Kier molecular flexibility index (Phi) is 3.45. The minimum absolute atomic E-state index is 0.0107. The summed E-state index contributed by atoms with van der Waals surface area (Å²) in [6.07, 6.45) is 7.73. The second-order valence-electron chi connectivity index (χ2n) is 4.91. The molecule has 1 heterocycles. The molecule has 0 aromatic heterocycles. The SMILES string of the molecule is CC1([C@H]2C[C@H](/C(N)=N/O)CO2)C=CC(Cl)=CC1. The molecule has 94 valence electrons. The molecule has 3 atom stereocenters. The van der Waals surface area contributed by atoms with Crippen molar-refractivity contribution in [3.8, 4) is 0 Å². The molecule has 1 fully saturated rings. The molecule has 5 heteroatoms. The average molecular weight is 257 g/mol. The molecule has 0 spiro atoms. The van der Waals surface area contributed by atoms with Crippen LogP contribution in [-0.4, -0.2) is 23.8 Å². The van der Waals surface area contributed by atoms with Gasteiger partial charge in [-0.2, -0.15) is 0 Å². The summed E-state index contributed by atoms with van der Waals surface area (Å²) in [4.78, 5) is 0. The average Bonchev–Trinajstić information content (AvgIpc) is 2.82. The lowest BCUT2D eigenvalue weighted by molar-refractivity contribution is 0.0346. The van der Waals surface area contributed by atoms with Crippen molar-refractivity contribution in [3.05, 3.63) is 23.3 Å². The third-order valence-electron chi connectivity index (χ3n) is 3.63. The molecule has 1 aliphatic carbocycles. The predicted octanol–water partition coefficient (Wildman–Crippen LogP) is 2.23. The van der Waals surface area contributed by atoms with E-state index in [0.29, 0.717) is 6.61 Å². The van der Waals surface area contributed by atoms with E-state index in [1.807, 2.05) is 12.2 Å². The van der Waals surface area contributed by atoms with Gasteiger partial charge in [-0.1, -0.05) is 35.8 Å². The number of nitrogens with two attached hydrogens (primary N) is 1. The van der Waals surface area contributed by atoms with Crippen LogP contribution in [0.5, 0.6) is 0 Å². The Morgan fingerprint density at radius 1 is 1.71 bits per heavy atom. The lowest BCUT2D eigenvalue weighted by atomic mass is 9.76. The van der Waals surface area contributed by atoms with Crippen LogP contribution >= 0.6 is 11.6 Å². The first-order valence-corrected chi connectivity index (χ1v) is 6.07. The van der Waals surface area contributed by atoms with Gasteiger partial charge in [-0.3, -0.25) is 0 Å². The third kappa shape index (κ3) is 2.48. The van der Waals surface area contributed by atoms with Crippen LogP contribution in [0.15, 0.2) is 28.4 Å².